The van der Waals surface area contributed by atoms with E-state index in [-0.39, 0.29) is 42.8 Å². The fourth-order valence-electron chi connectivity index (χ4n) is 6.50. The van der Waals surface area contributed by atoms with Crippen molar-refractivity contribution < 1.29 is 43.5 Å². The molecular weight excluding hydrogens is 530 g/mol. The van der Waals surface area contributed by atoms with Gasteiger partial charge in [0.15, 0.2) is 12.1 Å². The molecule has 2 N–H and O–H groups in total. The molecule has 3 aliphatic rings. The summed E-state index contributed by atoms with van der Waals surface area (Å²) >= 11 is 0. The van der Waals surface area contributed by atoms with Crippen LogP contribution in [0.2, 0.25) is 0 Å². The summed E-state index contributed by atoms with van der Waals surface area (Å²) in [5, 5.41) is 22.4. The van der Waals surface area contributed by atoms with E-state index in [0.29, 0.717) is 19.3 Å². The van der Waals surface area contributed by atoms with Crippen LogP contribution in [0.15, 0.2) is 12.2 Å². The Morgan fingerprint density at radius 1 is 1.12 bits per heavy atom. The van der Waals surface area contributed by atoms with Crippen molar-refractivity contribution in [2.75, 3.05) is 14.1 Å². The number of cyclic esters (lactones) is 1. The lowest BCUT2D eigenvalue weighted by molar-refractivity contribution is -0.283. The van der Waals surface area contributed by atoms with E-state index < -0.39 is 60.0 Å². The summed E-state index contributed by atoms with van der Waals surface area (Å²) in [5.74, 6) is -2.32. The van der Waals surface area contributed by atoms with Gasteiger partial charge >= 0.3 is 5.97 Å². The number of carbonyl (C=O) groups is 3. The zero-order valence-corrected chi connectivity index (χ0v) is 25.9. The number of aldehydes is 1. The van der Waals surface area contributed by atoms with Gasteiger partial charge in [-0.05, 0) is 65.3 Å². The average Bonchev–Trinajstić information content (AvgIpc) is 3.60. The largest absolute Gasteiger partial charge is 0.462 e. The zero-order valence-electron chi connectivity index (χ0n) is 25.9. The van der Waals surface area contributed by atoms with E-state index in [0.717, 1.165) is 6.29 Å². The van der Waals surface area contributed by atoms with Gasteiger partial charge in [-0.1, -0.05) is 27.7 Å². The topological polar surface area (TPSA) is 135 Å². The lowest BCUT2D eigenvalue weighted by atomic mass is 9.79. The van der Waals surface area contributed by atoms with Gasteiger partial charge in [0.25, 0.3) is 0 Å². The van der Waals surface area contributed by atoms with Crippen LogP contribution < -0.4 is 0 Å². The van der Waals surface area contributed by atoms with Gasteiger partial charge in [-0.25, -0.2) is 0 Å². The Bertz CT molecular complexity index is 941. The number of nitrogens with zero attached hydrogens (tertiary/aromatic N) is 1. The Hall–Kier alpha value is -1.69. The molecule has 0 aromatic heterocycles. The Morgan fingerprint density at radius 2 is 1.80 bits per heavy atom. The molecule has 0 spiro atoms. The maximum atomic E-state index is 13.2. The van der Waals surface area contributed by atoms with Crippen LogP contribution in [0.25, 0.3) is 0 Å². The number of carbonyl (C=O) groups excluding carboxylic acids is 3. The van der Waals surface area contributed by atoms with E-state index in [1.165, 1.54) is 0 Å². The van der Waals surface area contributed by atoms with Gasteiger partial charge in [-0.2, -0.15) is 0 Å². The van der Waals surface area contributed by atoms with Gasteiger partial charge < -0.3 is 38.9 Å². The van der Waals surface area contributed by atoms with Crippen LogP contribution in [-0.2, 0) is 33.3 Å². The van der Waals surface area contributed by atoms with Crippen LogP contribution in [0, 0.1) is 23.7 Å². The second-order valence-corrected chi connectivity index (χ2v) is 12.9. The molecule has 0 radical (unpaired) electrons. The molecule has 0 bridgehead atoms. The van der Waals surface area contributed by atoms with Crippen LogP contribution in [-0.4, -0.2) is 102 Å². The number of ketones is 1. The summed E-state index contributed by atoms with van der Waals surface area (Å²) in [6.07, 6.45) is 0.627. The number of ether oxygens (including phenoxy) is 4. The van der Waals surface area contributed by atoms with E-state index in [1.807, 2.05) is 53.6 Å². The van der Waals surface area contributed by atoms with E-state index in [2.05, 4.69) is 0 Å². The Labute approximate surface area is 244 Å². The molecule has 0 aliphatic carbocycles. The monoisotopic (exact) mass is 581 g/mol. The molecule has 234 valence electrons. The molecule has 2 saturated heterocycles. The van der Waals surface area contributed by atoms with Crippen LogP contribution in [0.5, 0.6) is 0 Å². The summed E-state index contributed by atoms with van der Waals surface area (Å²) in [6, 6.07) is -0.219. The van der Waals surface area contributed by atoms with Gasteiger partial charge in [0.05, 0.1) is 30.8 Å². The fourth-order valence-corrected chi connectivity index (χ4v) is 6.50. The second-order valence-electron chi connectivity index (χ2n) is 12.9. The van der Waals surface area contributed by atoms with Crippen molar-refractivity contribution in [3.05, 3.63) is 12.2 Å². The molecule has 13 atom stereocenters. The van der Waals surface area contributed by atoms with Crippen molar-refractivity contribution in [1.29, 1.82) is 0 Å². The molecule has 0 amide bonds. The Balaban J connectivity index is 1.95. The summed E-state index contributed by atoms with van der Waals surface area (Å²) < 4.78 is 24.2. The van der Waals surface area contributed by atoms with Gasteiger partial charge in [-0.15, -0.1) is 0 Å². The zero-order chi connectivity index (χ0) is 30.6. The van der Waals surface area contributed by atoms with Gasteiger partial charge in [0.1, 0.15) is 24.1 Å². The maximum absolute atomic E-state index is 13.2. The first-order valence-electron chi connectivity index (χ1n) is 15.1. The number of esters is 1. The van der Waals surface area contributed by atoms with E-state index in [1.54, 1.807) is 19.1 Å². The van der Waals surface area contributed by atoms with Gasteiger partial charge in [0, 0.05) is 30.2 Å². The van der Waals surface area contributed by atoms with Crippen molar-refractivity contribution in [2.45, 2.75) is 128 Å². The van der Waals surface area contributed by atoms with Crippen LogP contribution in [0.1, 0.15) is 73.6 Å². The number of hydrogen-bond donors (Lipinski definition) is 2. The van der Waals surface area contributed by atoms with Crippen LogP contribution >= 0.6 is 0 Å². The molecule has 41 heavy (non-hydrogen) atoms. The summed E-state index contributed by atoms with van der Waals surface area (Å²) in [4.78, 5) is 40.0. The van der Waals surface area contributed by atoms with Crippen molar-refractivity contribution >= 4 is 18.0 Å². The lowest BCUT2D eigenvalue weighted by Crippen LogP contribution is -2.56. The highest BCUT2D eigenvalue weighted by Crippen LogP contribution is 2.45. The molecule has 0 unspecified atom stereocenters. The SMILES string of the molecule is CC[C@H]1OC(=O)C[C@@H](O)[C@H](C)[C@H](O[C@H]2O[C@@H](C)C[C@@H](N(C)C)[C@@H]2O)[C@H](CC=O)C[C@H](C)C(=O)/C=C/[C@]2(C)O[C@H]2[C@@H]1C. The minimum atomic E-state index is -1.15. The van der Waals surface area contributed by atoms with E-state index in [4.69, 9.17) is 18.9 Å². The van der Waals surface area contributed by atoms with Gasteiger partial charge in [0.2, 0.25) is 0 Å². The Kier molecular flexibility index (Phi) is 11.7. The maximum Gasteiger partial charge on any atom is 0.308 e. The van der Waals surface area contributed by atoms with Crippen molar-refractivity contribution in [3.63, 3.8) is 0 Å². The molecule has 10 nitrogen and oxygen atoms in total. The quantitative estimate of drug-likeness (QED) is 0.274. The third-order valence-electron chi connectivity index (χ3n) is 9.29. The number of fused-ring (bicyclic) bond motifs is 1. The third kappa shape index (κ3) is 8.24. The minimum Gasteiger partial charge on any atom is -0.462 e. The number of rotatable bonds is 6. The summed E-state index contributed by atoms with van der Waals surface area (Å²) in [5.41, 5.74) is -0.637. The normalized spacial score (nSPS) is 45.5. The molecular formula is C31H51NO9. The van der Waals surface area contributed by atoms with Crippen LogP contribution in [0.3, 0.4) is 0 Å². The number of aliphatic hydroxyl groups is 2. The highest BCUT2D eigenvalue weighted by Gasteiger charge is 2.55. The molecule has 0 saturated carbocycles. The van der Waals surface area contributed by atoms with Crippen molar-refractivity contribution in [2.24, 2.45) is 23.7 Å². The third-order valence-corrected chi connectivity index (χ3v) is 9.29. The molecule has 0 aromatic rings. The average molecular weight is 582 g/mol. The predicted octanol–water partition coefficient (Wildman–Crippen LogP) is 2.67. The molecule has 3 aliphatic heterocycles. The fraction of sp³-hybridized carbons (Fsp3) is 0.839. The highest BCUT2D eigenvalue weighted by molar-refractivity contribution is 5.91. The smallest absolute Gasteiger partial charge is 0.308 e. The summed E-state index contributed by atoms with van der Waals surface area (Å²) in [7, 11) is 3.76. The van der Waals surface area contributed by atoms with Crippen molar-refractivity contribution in [1.82, 2.24) is 4.90 Å². The molecule has 3 heterocycles. The number of hydrogen-bond acceptors (Lipinski definition) is 10. The van der Waals surface area contributed by atoms with Crippen LogP contribution in [0.4, 0.5) is 0 Å². The number of aliphatic hydroxyl groups excluding tert-OH is 2. The van der Waals surface area contributed by atoms with E-state index in [9.17, 15) is 24.6 Å². The number of epoxide rings is 1. The molecule has 3 rings (SSSR count). The lowest BCUT2D eigenvalue weighted by Gasteiger charge is -2.44. The first-order valence-corrected chi connectivity index (χ1v) is 15.1. The number of likely N-dealkylation sites (N-methyl/N-ethyl adjacent to an activating group) is 1. The van der Waals surface area contributed by atoms with Gasteiger partial charge in [-0.3, -0.25) is 9.59 Å². The summed E-state index contributed by atoms with van der Waals surface area (Å²) in [6.45, 7) is 11.3. The molecule has 10 heteroatoms. The first-order chi connectivity index (χ1) is 19.2. The molecule has 2 fully saturated rings. The van der Waals surface area contributed by atoms with E-state index >= 15 is 0 Å². The standard InChI is InChI=1S/C31H51NO9/c1-9-25-20(5)29-31(6,41-29)12-10-23(34)17(2)14-21(11-13-33)28(19(4)24(35)16-26(36)39-25)40-30-27(37)22(32(7)8)15-18(3)38-30/h10,12-13,17-22,24-25,27-30,35,37H,9,11,14-16H2,1-8H3/b12-10+/t17-,18-,19-,20+,21+,22+,24+,25+,27-,28-,29-,30+,31-/m0/s1. The highest BCUT2D eigenvalue weighted by atomic mass is 16.7. The predicted molar refractivity (Wildman–Crippen MR) is 152 cm³/mol. The minimum absolute atomic E-state index is 0.0707. The van der Waals surface area contributed by atoms with Crippen molar-refractivity contribution in [3.8, 4) is 0 Å². The Morgan fingerprint density at radius 3 is 2.41 bits per heavy atom. The molecule has 0 aromatic carbocycles. The number of allylic oxidation sites excluding steroid dienone is 1. The first kappa shape index (κ1) is 33.8. The second kappa shape index (κ2) is 14.2.